The number of alkyl halides is 6. The lowest BCUT2D eigenvalue weighted by Crippen LogP contribution is -2.38. The van der Waals surface area contributed by atoms with Gasteiger partial charge in [-0.15, -0.1) is 35.3 Å². The summed E-state index contributed by atoms with van der Waals surface area (Å²) < 4.78 is 89.6. The van der Waals surface area contributed by atoms with Crippen LogP contribution in [-0.4, -0.2) is 24.5 Å². The van der Waals surface area contributed by atoms with Gasteiger partial charge in [-0.3, -0.25) is 4.99 Å². The van der Waals surface area contributed by atoms with Crippen molar-refractivity contribution in [3.8, 4) is 0 Å². The number of halogens is 8. The molecule has 2 rings (SSSR count). The molecule has 4 nitrogen and oxygen atoms in total. The summed E-state index contributed by atoms with van der Waals surface area (Å²) in [5.74, 6) is -0.856. The van der Waals surface area contributed by atoms with E-state index < -0.39 is 29.4 Å². The lowest BCUT2D eigenvalue weighted by molar-refractivity contribution is -0.141. The molecule has 1 heterocycles. The smallest absolute Gasteiger partial charge is 0.356 e. The summed E-state index contributed by atoms with van der Waals surface area (Å²) in [6.07, 6.45) is -9.05. The first-order valence-electron chi connectivity index (χ1n) is 7.82. The van der Waals surface area contributed by atoms with Gasteiger partial charge in [-0.1, -0.05) is 6.07 Å². The first kappa shape index (κ1) is 25.4. The Morgan fingerprint density at radius 2 is 1.79 bits per heavy atom. The molecular weight excluding hydrogens is 540 g/mol. The van der Waals surface area contributed by atoms with Crippen LogP contribution in [0.1, 0.15) is 21.8 Å². The van der Waals surface area contributed by atoms with E-state index in [1.807, 2.05) is 0 Å². The second-order valence-electron chi connectivity index (χ2n) is 5.53. The average Bonchev–Trinajstić information content (AvgIpc) is 3.07. The van der Waals surface area contributed by atoms with Crippen molar-refractivity contribution in [2.75, 3.05) is 13.6 Å². The van der Waals surface area contributed by atoms with Gasteiger partial charge >= 0.3 is 12.4 Å². The van der Waals surface area contributed by atoms with Crippen LogP contribution < -0.4 is 10.6 Å². The van der Waals surface area contributed by atoms with Gasteiger partial charge in [-0.2, -0.15) is 26.3 Å². The molecule has 0 bridgehead atoms. The van der Waals surface area contributed by atoms with E-state index in [4.69, 9.17) is 0 Å². The highest BCUT2D eigenvalue weighted by atomic mass is 127. The molecule has 2 aromatic rings. The quantitative estimate of drug-likeness (QED) is 0.240. The van der Waals surface area contributed by atoms with E-state index in [9.17, 15) is 30.7 Å². The van der Waals surface area contributed by atoms with Gasteiger partial charge in [0.25, 0.3) is 0 Å². The van der Waals surface area contributed by atoms with Crippen molar-refractivity contribution in [2.45, 2.75) is 25.3 Å². The van der Waals surface area contributed by atoms with Gasteiger partial charge in [0, 0.05) is 31.9 Å². The van der Waals surface area contributed by atoms with Gasteiger partial charge in [0.1, 0.15) is 5.82 Å². The number of hydrogen-bond acceptors (Lipinski definition) is 3. The molecule has 0 saturated heterocycles. The Labute approximate surface area is 182 Å². The minimum absolute atomic E-state index is 0. The van der Waals surface area contributed by atoms with Crippen LogP contribution >= 0.6 is 35.3 Å². The fraction of sp³-hybridized carbons (Fsp3) is 0.375. The normalized spacial score (nSPS) is 12.5. The zero-order valence-electron chi connectivity index (χ0n) is 14.8. The van der Waals surface area contributed by atoms with Crippen LogP contribution in [0.4, 0.5) is 30.7 Å². The van der Waals surface area contributed by atoms with Crippen molar-refractivity contribution in [2.24, 2.45) is 4.99 Å². The Morgan fingerprint density at radius 1 is 1.10 bits per heavy atom. The van der Waals surface area contributed by atoms with Crippen molar-refractivity contribution in [3.05, 3.63) is 51.2 Å². The molecule has 2 N–H and O–H groups in total. The number of nitrogens with one attached hydrogen (secondary N) is 2. The van der Waals surface area contributed by atoms with E-state index in [0.717, 1.165) is 28.8 Å². The van der Waals surface area contributed by atoms with Crippen molar-refractivity contribution in [1.82, 2.24) is 15.6 Å². The highest BCUT2D eigenvalue weighted by molar-refractivity contribution is 14.0. The second kappa shape index (κ2) is 10.4. The number of guanidine groups is 1. The number of aliphatic imine (C=N–C) groups is 1. The van der Waals surface area contributed by atoms with E-state index in [1.165, 1.54) is 7.05 Å². The summed E-state index contributed by atoms with van der Waals surface area (Å²) >= 11 is 0.860. The van der Waals surface area contributed by atoms with E-state index in [1.54, 1.807) is 0 Å². The van der Waals surface area contributed by atoms with E-state index in [0.29, 0.717) is 6.07 Å². The van der Waals surface area contributed by atoms with Crippen LogP contribution in [0.25, 0.3) is 0 Å². The molecule has 29 heavy (non-hydrogen) atoms. The number of benzene rings is 1. The highest BCUT2D eigenvalue weighted by Gasteiger charge is 2.34. The largest absolute Gasteiger partial charge is 0.434 e. The number of rotatable bonds is 5. The summed E-state index contributed by atoms with van der Waals surface area (Å²) in [7, 11) is 1.38. The molecule has 0 aliphatic heterocycles. The SMILES string of the molecule is CN=C(NCCc1nc(C(F)(F)F)cs1)NCc1ccc(F)cc1C(F)(F)F.I. The van der Waals surface area contributed by atoms with Crippen LogP contribution in [0, 0.1) is 5.82 Å². The summed E-state index contributed by atoms with van der Waals surface area (Å²) in [5, 5.41) is 6.60. The number of nitrogens with zero attached hydrogens (tertiary/aromatic N) is 2. The Bertz CT molecular complexity index is 833. The Kier molecular flexibility index (Phi) is 9.11. The molecule has 13 heteroatoms. The average molecular weight is 556 g/mol. The van der Waals surface area contributed by atoms with Crippen LogP contribution in [0.2, 0.25) is 0 Å². The van der Waals surface area contributed by atoms with Crippen molar-refractivity contribution in [3.63, 3.8) is 0 Å². The third-order valence-corrected chi connectivity index (χ3v) is 4.43. The number of hydrogen-bond donors (Lipinski definition) is 2. The van der Waals surface area contributed by atoms with Gasteiger partial charge in [-0.25, -0.2) is 9.37 Å². The number of thiazole rings is 1. The molecule has 0 spiro atoms. The molecule has 0 unspecified atom stereocenters. The first-order valence-corrected chi connectivity index (χ1v) is 8.70. The van der Waals surface area contributed by atoms with Crippen LogP contribution in [-0.2, 0) is 25.3 Å². The standard InChI is InChI=1S/C16H15F7N4S.HI/c1-24-14(25-5-4-13-27-12(8-28-13)16(21,22)23)26-7-9-2-3-10(17)6-11(9)15(18,19)20;/h2-3,6,8H,4-5,7H2,1H3,(H2,24,25,26);1H. The maximum atomic E-state index is 13.1. The third kappa shape index (κ3) is 7.60. The zero-order chi connectivity index (χ0) is 20.9. The van der Waals surface area contributed by atoms with Gasteiger partial charge in [0.2, 0.25) is 0 Å². The van der Waals surface area contributed by atoms with E-state index >= 15 is 0 Å². The third-order valence-electron chi connectivity index (χ3n) is 3.52. The monoisotopic (exact) mass is 556 g/mol. The maximum absolute atomic E-state index is 13.1. The van der Waals surface area contributed by atoms with Crippen LogP contribution in [0.3, 0.4) is 0 Å². The predicted molar refractivity (Wildman–Crippen MR) is 106 cm³/mol. The number of aromatic nitrogens is 1. The van der Waals surface area contributed by atoms with Gasteiger partial charge in [0.05, 0.1) is 10.6 Å². The second-order valence-corrected chi connectivity index (χ2v) is 6.47. The molecule has 0 fully saturated rings. The predicted octanol–water partition coefficient (Wildman–Crippen LogP) is 4.85. The van der Waals surface area contributed by atoms with Crippen LogP contribution in [0.5, 0.6) is 0 Å². The lowest BCUT2D eigenvalue weighted by Gasteiger charge is -2.15. The summed E-state index contributed by atoms with van der Waals surface area (Å²) in [4.78, 5) is 7.31. The topological polar surface area (TPSA) is 49.3 Å². The lowest BCUT2D eigenvalue weighted by atomic mass is 10.1. The van der Waals surface area contributed by atoms with Crippen molar-refractivity contribution in [1.29, 1.82) is 0 Å². The molecule has 0 atom stereocenters. The summed E-state index contributed by atoms with van der Waals surface area (Å²) in [5.41, 5.74) is -2.24. The van der Waals surface area contributed by atoms with Crippen LogP contribution in [0.15, 0.2) is 28.6 Å². The molecule has 1 aromatic carbocycles. The molecule has 162 valence electrons. The zero-order valence-corrected chi connectivity index (χ0v) is 17.9. The highest BCUT2D eigenvalue weighted by Crippen LogP contribution is 2.32. The van der Waals surface area contributed by atoms with Gasteiger partial charge in [-0.05, 0) is 17.7 Å². The molecule has 0 radical (unpaired) electrons. The minimum atomic E-state index is -4.71. The minimum Gasteiger partial charge on any atom is -0.356 e. The molecule has 0 saturated carbocycles. The van der Waals surface area contributed by atoms with Crippen molar-refractivity contribution < 1.29 is 30.7 Å². The Morgan fingerprint density at radius 3 is 2.34 bits per heavy atom. The van der Waals surface area contributed by atoms with Gasteiger partial charge < -0.3 is 10.6 Å². The first-order chi connectivity index (χ1) is 13.0. The van der Waals surface area contributed by atoms with Gasteiger partial charge in [0.15, 0.2) is 11.7 Å². The molecule has 0 aliphatic carbocycles. The Hall–Kier alpha value is -1.64. The molecular formula is C16H16F7IN4S. The summed E-state index contributed by atoms with van der Waals surface area (Å²) in [6.45, 7) is -0.107. The van der Waals surface area contributed by atoms with E-state index in [-0.39, 0.29) is 60.0 Å². The fourth-order valence-electron chi connectivity index (χ4n) is 2.21. The van der Waals surface area contributed by atoms with Crippen molar-refractivity contribution >= 4 is 41.3 Å². The maximum Gasteiger partial charge on any atom is 0.434 e. The molecule has 0 aliphatic rings. The Balaban J connectivity index is 0.00000420. The molecule has 1 aromatic heterocycles. The fourth-order valence-corrected chi connectivity index (χ4v) is 3.01. The molecule has 0 amide bonds. The summed E-state index contributed by atoms with van der Waals surface area (Å²) in [6, 6.07) is 2.35. The van der Waals surface area contributed by atoms with E-state index in [2.05, 4.69) is 20.6 Å².